The quantitative estimate of drug-likeness (QED) is 0.156. The van der Waals surface area contributed by atoms with E-state index in [1.165, 1.54) is 55.9 Å². The fourth-order valence-corrected chi connectivity index (χ4v) is 7.02. The van der Waals surface area contributed by atoms with Crippen molar-refractivity contribution in [3.05, 3.63) is 136 Å². The normalized spacial score (nSPS) is 13.0. The number of nitrogens with zero attached hydrogens (tertiary/aromatic N) is 1. The van der Waals surface area contributed by atoms with Crippen LogP contribution in [0.5, 0.6) is 0 Å². The van der Waals surface area contributed by atoms with Gasteiger partial charge in [0.05, 0.1) is 0 Å². The second-order valence-corrected chi connectivity index (χ2v) is 11.8. The van der Waals surface area contributed by atoms with Crippen molar-refractivity contribution in [2.75, 3.05) is 6.54 Å². The maximum absolute atomic E-state index is 12.7. The summed E-state index contributed by atoms with van der Waals surface area (Å²) in [6.45, 7) is 1.54. The van der Waals surface area contributed by atoms with Gasteiger partial charge < -0.3 is 5.32 Å². The summed E-state index contributed by atoms with van der Waals surface area (Å²) in [5, 5.41) is 3.74. The van der Waals surface area contributed by atoms with Gasteiger partial charge in [0, 0.05) is 51.4 Å². The van der Waals surface area contributed by atoms with Crippen molar-refractivity contribution in [2.24, 2.45) is 0 Å². The first-order valence-corrected chi connectivity index (χ1v) is 15.4. The molecule has 0 atom stereocenters. The number of nitrogens with one attached hydrogen (secondary N) is 1. The van der Waals surface area contributed by atoms with Gasteiger partial charge in [-0.3, -0.25) is 4.79 Å². The number of unbranched alkanes of at least 4 members (excludes halogenated alkanes) is 1. The average molecular weight is 570 g/mol. The maximum Gasteiger partial charge on any atom is 0.251 e. The van der Waals surface area contributed by atoms with Crippen LogP contribution in [0.25, 0.3) is 33.6 Å². The molecule has 3 nitrogen and oxygen atoms in total. The summed E-state index contributed by atoms with van der Waals surface area (Å²) in [5.41, 5.74) is 14.7. The van der Waals surface area contributed by atoms with E-state index in [0.29, 0.717) is 17.1 Å². The Morgan fingerprint density at radius 3 is 1.86 bits per heavy atom. The summed E-state index contributed by atoms with van der Waals surface area (Å²) in [5.74, 6) is -0.0517. The fourth-order valence-electron chi connectivity index (χ4n) is 6.89. The number of amides is 1. The van der Waals surface area contributed by atoms with Gasteiger partial charge in [-0.2, -0.15) is 4.57 Å². The predicted octanol–water partition coefficient (Wildman–Crippen LogP) is 8.04. The largest absolute Gasteiger partial charge is 0.352 e. The molecule has 1 amide bonds. The fraction of sp³-hybridized carbons (Fsp3) is 0.211. The van der Waals surface area contributed by atoms with E-state index < -0.39 is 0 Å². The highest BCUT2D eigenvalue weighted by molar-refractivity contribution is 6.30. The predicted molar refractivity (Wildman–Crippen MR) is 171 cm³/mol. The van der Waals surface area contributed by atoms with Gasteiger partial charge in [0.15, 0.2) is 0 Å². The van der Waals surface area contributed by atoms with Crippen LogP contribution < -0.4 is 9.88 Å². The number of pyridine rings is 1. The molecule has 0 spiro atoms. The summed E-state index contributed by atoms with van der Waals surface area (Å²) >= 11 is 5.99. The van der Waals surface area contributed by atoms with Crippen LogP contribution in [-0.2, 0) is 32.2 Å². The number of aryl methyl sites for hydroxylation is 2. The molecule has 1 N–H and O–H groups in total. The lowest BCUT2D eigenvalue weighted by molar-refractivity contribution is -0.676. The van der Waals surface area contributed by atoms with Gasteiger partial charge in [0.1, 0.15) is 6.54 Å². The Hall–Kier alpha value is -4.21. The van der Waals surface area contributed by atoms with Crippen LogP contribution in [0.4, 0.5) is 0 Å². The zero-order valence-electron chi connectivity index (χ0n) is 23.7. The van der Waals surface area contributed by atoms with E-state index in [-0.39, 0.29) is 5.91 Å². The van der Waals surface area contributed by atoms with E-state index >= 15 is 0 Å². The SMILES string of the molecule is O=C(NCCCC[n+]1c2c(c(-c3ccccc3)c3c1-c1ccccc1CC3)CCc1ccccc1-2)c1ccc(Cl)cc1. The van der Waals surface area contributed by atoms with Gasteiger partial charge in [0.2, 0.25) is 11.4 Å². The molecule has 208 valence electrons. The highest BCUT2D eigenvalue weighted by Gasteiger charge is 2.37. The topological polar surface area (TPSA) is 33.0 Å². The van der Waals surface area contributed by atoms with E-state index in [0.717, 1.165) is 45.1 Å². The summed E-state index contributed by atoms with van der Waals surface area (Å²) in [4.78, 5) is 12.7. The lowest BCUT2D eigenvalue weighted by Gasteiger charge is -2.28. The molecule has 0 aliphatic heterocycles. The average Bonchev–Trinajstić information content (AvgIpc) is 3.04. The Labute approximate surface area is 252 Å². The Kier molecular flexibility index (Phi) is 7.36. The molecule has 4 heteroatoms. The van der Waals surface area contributed by atoms with Gasteiger partial charge >= 0.3 is 0 Å². The first-order chi connectivity index (χ1) is 20.7. The molecule has 7 rings (SSSR count). The minimum absolute atomic E-state index is 0.0517. The molecule has 0 saturated carbocycles. The molecule has 0 radical (unpaired) electrons. The third-order valence-corrected chi connectivity index (χ3v) is 9.06. The minimum Gasteiger partial charge on any atom is -0.352 e. The summed E-state index contributed by atoms with van der Waals surface area (Å²) in [6, 6.07) is 36.0. The van der Waals surface area contributed by atoms with Crippen LogP contribution in [-0.4, -0.2) is 12.5 Å². The molecule has 42 heavy (non-hydrogen) atoms. The second kappa shape index (κ2) is 11.6. The van der Waals surface area contributed by atoms with Crippen molar-refractivity contribution in [3.8, 4) is 33.6 Å². The van der Waals surface area contributed by atoms with Gasteiger partial charge in [0.25, 0.3) is 5.91 Å². The van der Waals surface area contributed by atoms with Gasteiger partial charge in [-0.05, 0) is 85.2 Å². The van der Waals surface area contributed by atoms with Gasteiger partial charge in [-0.25, -0.2) is 0 Å². The van der Waals surface area contributed by atoms with Crippen molar-refractivity contribution < 1.29 is 9.36 Å². The first-order valence-electron chi connectivity index (χ1n) is 15.1. The number of halogens is 1. The lowest BCUT2D eigenvalue weighted by Crippen LogP contribution is -2.43. The molecule has 0 unspecified atom stereocenters. The van der Waals surface area contributed by atoms with Crippen molar-refractivity contribution >= 4 is 17.5 Å². The number of aromatic nitrogens is 1. The third-order valence-electron chi connectivity index (χ3n) is 8.81. The Bertz CT molecular complexity index is 1700. The monoisotopic (exact) mass is 569 g/mol. The summed E-state index contributed by atoms with van der Waals surface area (Å²) in [6.07, 6.45) is 6.09. The molecule has 1 aromatic heterocycles. The molecule has 4 aromatic carbocycles. The van der Waals surface area contributed by atoms with Crippen LogP contribution >= 0.6 is 11.6 Å². The molecule has 0 bridgehead atoms. The number of rotatable bonds is 7. The van der Waals surface area contributed by atoms with Crippen LogP contribution in [0, 0.1) is 0 Å². The van der Waals surface area contributed by atoms with E-state index in [1.54, 1.807) is 24.3 Å². The Morgan fingerprint density at radius 2 is 1.24 bits per heavy atom. The molecule has 5 aromatic rings. The second-order valence-electron chi connectivity index (χ2n) is 11.3. The standard InChI is InChI=1S/C38H33ClN2O/c39-30-20-16-29(17-21-30)38(42)40-24-8-9-25-41-36-31-14-6-4-10-26(31)18-22-33(36)35(28-12-2-1-3-13-28)34-23-19-27-11-5-7-15-32(27)37(34)41/h1-7,10-17,20-21H,8-9,18-19,22-25H2/p+1. The summed E-state index contributed by atoms with van der Waals surface area (Å²) in [7, 11) is 0. The smallest absolute Gasteiger partial charge is 0.251 e. The lowest BCUT2D eigenvalue weighted by atomic mass is 9.77. The number of carbonyl (C=O) groups is 1. The summed E-state index contributed by atoms with van der Waals surface area (Å²) < 4.78 is 2.63. The molecule has 1 heterocycles. The molecule has 2 aliphatic carbocycles. The molecular formula is C38H34ClN2O+. The highest BCUT2D eigenvalue weighted by atomic mass is 35.5. The van der Waals surface area contributed by atoms with Crippen LogP contribution in [0.1, 0.15) is 45.5 Å². The Morgan fingerprint density at radius 1 is 0.667 bits per heavy atom. The minimum atomic E-state index is -0.0517. The zero-order valence-corrected chi connectivity index (χ0v) is 24.5. The van der Waals surface area contributed by atoms with Crippen molar-refractivity contribution in [1.29, 1.82) is 0 Å². The van der Waals surface area contributed by atoms with E-state index in [1.807, 2.05) is 0 Å². The van der Waals surface area contributed by atoms with E-state index in [2.05, 4.69) is 88.7 Å². The molecule has 0 fully saturated rings. The number of fused-ring (bicyclic) bond motifs is 6. The van der Waals surface area contributed by atoms with E-state index in [4.69, 9.17) is 11.6 Å². The number of carbonyl (C=O) groups excluding carboxylic acids is 1. The van der Waals surface area contributed by atoms with Crippen molar-refractivity contribution in [1.82, 2.24) is 5.32 Å². The van der Waals surface area contributed by atoms with Crippen LogP contribution in [0.3, 0.4) is 0 Å². The van der Waals surface area contributed by atoms with E-state index in [9.17, 15) is 4.79 Å². The highest BCUT2D eigenvalue weighted by Crippen LogP contribution is 2.44. The van der Waals surface area contributed by atoms with Crippen molar-refractivity contribution in [3.63, 3.8) is 0 Å². The van der Waals surface area contributed by atoms with Gasteiger partial charge in [-0.15, -0.1) is 0 Å². The van der Waals surface area contributed by atoms with Crippen molar-refractivity contribution in [2.45, 2.75) is 45.1 Å². The number of hydrogen-bond donors (Lipinski definition) is 1. The Balaban J connectivity index is 1.29. The first kappa shape index (κ1) is 26.7. The molecule has 0 saturated heterocycles. The van der Waals surface area contributed by atoms with Crippen LogP contribution in [0.2, 0.25) is 5.02 Å². The number of hydrogen-bond acceptors (Lipinski definition) is 1. The molecule has 2 aliphatic rings. The molecular weight excluding hydrogens is 536 g/mol. The zero-order chi connectivity index (χ0) is 28.5. The maximum atomic E-state index is 12.7. The van der Waals surface area contributed by atoms with Crippen LogP contribution in [0.15, 0.2) is 103 Å². The third kappa shape index (κ3) is 4.92. The number of benzene rings is 4. The van der Waals surface area contributed by atoms with Gasteiger partial charge in [-0.1, -0.05) is 78.3 Å².